The summed E-state index contributed by atoms with van der Waals surface area (Å²) in [6, 6.07) is 7.70. The Balaban J connectivity index is 2.29. The third-order valence-electron chi connectivity index (χ3n) is 2.83. The highest BCUT2D eigenvalue weighted by atomic mass is 35.5. The fraction of sp³-hybridized carbons (Fsp3) is 0.333. The predicted octanol–water partition coefficient (Wildman–Crippen LogP) is 3.94. The Morgan fingerprint density at radius 1 is 1.25 bits per heavy atom. The van der Waals surface area contributed by atoms with Crippen LogP contribution in [-0.4, -0.2) is 17.1 Å². The van der Waals surface area contributed by atoms with Crippen molar-refractivity contribution in [3.8, 4) is 11.6 Å². The van der Waals surface area contributed by atoms with Crippen LogP contribution in [-0.2, 0) is 17.8 Å². The monoisotopic (exact) mass is 292 g/mol. The van der Waals surface area contributed by atoms with Crippen LogP contribution in [0.3, 0.4) is 0 Å². The molecule has 5 heteroatoms. The molecule has 0 unspecified atom stereocenters. The van der Waals surface area contributed by atoms with Crippen molar-refractivity contribution in [3.63, 3.8) is 0 Å². The Morgan fingerprint density at radius 2 is 2.05 bits per heavy atom. The molecule has 0 saturated carbocycles. The topological polar surface area (TPSA) is 44.2 Å². The third-order valence-corrected chi connectivity index (χ3v) is 3.20. The lowest BCUT2D eigenvalue weighted by Crippen LogP contribution is -2.00. The van der Waals surface area contributed by atoms with Gasteiger partial charge >= 0.3 is 0 Å². The molecule has 0 aliphatic rings. The van der Waals surface area contributed by atoms with Gasteiger partial charge in [-0.2, -0.15) is 4.98 Å². The van der Waals surface area contributed by atoms with Gasteiger partial charge in [-0.25, -0.2) is 4.98 Å². The fourth-order valence-electron chi connectivity index (χ4n) is 1.75. The molecule has 0 spiro atoms. The van der Waals surface area contributed by atoms with Crippen LogP contribution in [0.5, 0.6) is 11.6 Å². The second kappa shape index (κ2) is 6.68. The van der Waals surface area contributed by atoms with Gasteiger partial charge in [-0.05, 0) is 24.6 Å². The molecule has 0 bridgehead atoms. The van der Waals surface area contributed by atoms with Crippen molar-refractivity contribution in [2.45, 2.75) is 26.9 Å². The van der Waals surface area contributed by atoms with E-state index in [1.54, 1.807) is 7.11 Å². The van der Waals surface area contributed by atoms with E-state index in [4.69, 9.17) is 21.1 Å². The van der Waals surface area contributed by atoms with Crippen LogP contribution in [0.25, 0.3) is 0 Å². The van der Waals surface area contributed by atoms with Gasteiger partial charge in [0.05, 0.1) is 6.61 Å². The first kappa shape index (κ1) is 14.8. The maximum atomic E-state index is 6.09. The normalized spacial score (nSPS) is 10.6. The molecule has 0 fully saturated rings. The van der Waals surface area contributed by atoms with Crippen molar-refractivity contribution >= 4 is 11.6 Å². The molecule has 20 heavy (non-hydrogen) atoms. The van der Waals surface area contributed by atoms with Gasteiger partial charge in [-0.3, -0.25) is 0 Å². The van der Waals surface area contributed by atoms with Crippen LogP contribution in [0.4, 0.5) is 0 Å². The lowest BCUT2D eigenvalue weighted by Gasteiger charge is -2.10. The number of hydrogen-bond donors (Lipinski definition) is 0. The van der Waals surface area contributed by atoms with Gasteiger partial charge in [0.25, 0.3) is 0 Å². The molecule has 106 valence electrons. The van der Waals surface area contributed by atoms with Gasteiger partial charge in [0.1, 0.15) is 16.7 Å². The van der Waals surface area contributed by atoms with E-state index in [1.807, 2.05) is 38.1 Å². The Kier molecular flexibility index (Phi) is 4.93. The Morgan fingerprint density at radius 3 is 2.75 bits per heavy atom. The molecule has 2 aromatic rings. The average Bonchev–Trinajstić information content (AvgIpc) is 2.44. The van der Waals surface area contributed by atoms with E-state index in [1.165, 1.54) is 0 Å². The van der Waals surface area contributed by atoms with E-state index < -0.39 is 0 Å². The highest BCUT2D eigenvalue weighted by molar-refractivity contribution is 6.30. The van der Waals surface area contributed by atoms with Crippen LogP contribution >= 0.6 is 11.6 Å². The number of ether oxygens (including phenoxy) is 2. The average molecular weight is 293 g/mol. The number of nitrogens with zero attached hydrogens (tertiary/aromatic N) is 2. The minimum Gasteiger partial charge on any atom is -0.439 e. The predicted molar refractivity (Wildman–Crippen MR) is 78.4 cm³/mol. The molecule has 0 N–H and O–H groups in total. The second-order valence-corrected chi connectivity index (χ2v) is 4.75. The number of methoxy groups -OCH3 is 1. The number of rotatable bonds is 5. The van der Waals surface area contributed by atoms with Crippen LogP contribution in [0.1, 0.15) is 23.9 Å². The van der Waals surface area contributed by atoms with Crippen LogP contribution in [0.15, 0.2) is 24.3 Å². The van der Waals surface area contributed by atoms with Crippen LogP contribution < -0.4 is 4.74 Å². The van der Waals surface area contributed by atoms with Crippen LogP contribution in [0, 0.1) is 6.92 Å². The maximum absolute atomic E-state index is 6.09. The van der Waals surface area contributed by atoms with Crippen molar-refractivity contribution in [1.29, 1.82) is 0 Å². The third kappa shape index (κ3) is 3.46. The maximum Gasteiger partial charge on any atom is 0.226 e. The van der Waals surface area contributed by atoms with Gasteiger partial charge in [-0.1, -0.05) is 30.7 Å². The van der Waals surface area contributed by atoms with E-state index in [-0.39, 0.29) is 0 Å². The van der Waals surface area contributed by atoms with Gasteiger partial charge < -0.3 is 9.47 Å². The summed E-state index contributed by atoms with van der Waals surface area (Å²) in [5.41, 5.74) is 1.78. The molecular formula is C15H17ClN2O2. The lowest BCUT2D eigenvalue weighted by atomic mass is 10.2. The van der Waals surface area contributed by atoms with Gasteiger partial charge in [0.2, 0.25) is 5.88 Å². The molecule has 1 heterocycles. The fourth-order valence-corrected chi connectivity index (χ4v) is 1.92. The largest absolute Gasteiger partial charge is 0.439 e. The zero-order chi connectivity index (χ0) is 14.5. The first-order chi connectivity index (χ1) is 9.63. The van der Waals surface area contributed by atoms with Crippen molar-refractivity contribution in [2.75, 3.05) is 7.11 Å². The Hall–Kier alpha value is -1.65. The Labute approximate surface area is 123 Å². The second-order valence-electron chi connectivity index (χ2n) is 4.40. The zero-order valence-electron chi connectivity index (χ0n) is 11.8. The molecule has 0 atom stereocenters. The first-order valence-electron chi connectivity index (χ1n) is 6.42. The van der Waals surface area contributed by atoms with Gasteiger partial charge in [0, 0.05) is 19.1 Å². The number of benzene rings is 1. The Bertz CT molecular complexity index is 602. The van der Waals surface area contributed by atoms with E-state index >= 15 is 0 Å². The van der Waals surface area contributed by atoms with E-state index in [9.17, 15) is 0 Å². The molecule has 4 nitrogen and oxygen atoms in total. The molecule has 0 saturated heterocycles. The summed E-state index contributed by atoms with van der Waals surface area (Å²) in [7, 11) is 1.66. The van der Waals surface area contributed by atoms with E-state index in [2.05, 4.69) is 9.97 Å². The summed E-state index contributed by atoms with van der Waals surface area (Å²) < 4.78 is 10.9. The molecule has 1 aromatic carbocycles. The molecule has 0 aliphatic carbocycles. The minimum atomic E-state index is 0.430. The lowest BCUT2D eigenvalue weighted by molar-refractivity contribution is 0.184. The van der Waals surface area contributed by atoms with Crippen molar-refractivity contribution < 1.29 is 9.47 Å². The number of aromatic nitrogens is 2. The molecule has 2 rings (SSSR count). The molecule has 0 aliphatic heterocycles. The first-order valence-corrected chi connectivity index (χ1v) is 6.80. The van der Waals surface area contributed by atoms with E-state index in [0.29, 0.717) is 35.6 Å². The highest BCUT2D eigenvalue weighted by Crippen LogP contribution is 2.27. The van der Waals surface area contributed by atoms with Crippen molar-refractivity contribution in [1.82, 2.24) is 9.97 Å². The highest BCUT2D eigenvalue weighted by Gasteiger charge is 2.11. The summed E-state index contributed by atoms with van der Waals surface area (Å²) in [5, 5.41) is 0.430. The van der Waals surface area contributed by atoms with Crippen molar-refractivity contribution in [2.24, 2.45) is 0 Å². The van der Waals surface area contributed by atoms with E-state index in [0.717, 1.165) is 11.1 Å². The zero-order valence-corrected chi connectivity index (χ0v) is 12.6. The summed E-state index contributed by atoms with van der Waals surface area (Å²) in [5.74, 6) is 1.87. The standard InChI is InChI=1S/C15H17ClN2O2/c1-4-13-17-14(16)10(2)15(18-13)20-12-7-5-6-11(8-12)9-19-3/h5-8H,4,9H2,1-3H3. The molecular weight excluding hydrogens is 276 g/mol. The van der Waals surface area contributed by atoms with Crippen molar-refractivity contribution in [3.05, 3.63) is 46.4 Å². The molecule has 1 aromatic heterocycles. The van der Waals surface area contributed by atoms with Gasteiger partial charge in [-0.15, -0.1) is 0 Å². The SMILES string of the molecule is CCc1nc(Cl)c(C)c(Oc2cccc(COC)c2)n1. The number of aryl methyl sites for hydroxylation is 1. The summed E-state index contributed by atoms with van der Waals surface area (Å²) in [6.45, 7) is 4.36. The number of halogens is 1. The smallest absolute Gasteiger partial charge is 0.226 e. The quantitative estimate of drug-likeness (QED) is 0.783. The van der Waals surface area contributed by atoms with Crippen LogP contribution in [0.2, 0.25) is 5.15 Å². The summed E-state index contributed by atoms with van der Waals surface area (Å²) in [4.78, 5) is 8.57. The summed E-state index contributed by atoms with van der Waals surface area (Å²) >= 11 is 6.09. The molecule has 0 amide bonds. The van der Waals surface area contributed by atoms with Gasteiger partial charge in [0.15, 0.2) is 0 Å². The number of hydrogen-bond acceptors (Lipinski definition) is 4. The molecule has 0 radical (unpaired) electrons. The summed E-state index contributed by atoms with van der Waals surface area (Å²) in [6.07, 6.45) is 0.708. The minimum absolute atomic E-state index is 0.430.